The van der Waals surface area contributed by atoms with Crippen LogP contribution in [-0.2, 0) is 11.0 Å². The molecule has 0 spiro atoms. The van der Waals surface area contributed by atoms with E-state index in [0.717, 1.165) is 17.7 Å². The molecule has 0 aliphatic rings. The molecule has 0 atom stereocenters. The molecule has 0 aliphatic heterocycles. The van der Waals surface area contributed by atoms with Crippen LogP contribution in [0.15, 0.2) is 24.3 Å². The Balaban J connectivity index is 0.000000385. The van der Waals surface area contributed by atoms with Crippen molar-refractivity contribution >= 4 is 5.97 Å². The third kappa shape index (κ3) is 6.02. The van der Waals surface area contributed by atoms with Gasteiger partial charge in [-0.2, -0.15) is 13.2 Å². The van der Waals surface area contributed by atoms with E-state index in [4.69, 9.17) is 5.11 Å². The van der Waals surface area contributed by atoms with Crippen LogP contribution in [0.5, 0.6) is 0 Å². The van der Waals surface area contributed by atoms with Gasteiger partial charge in [0.2, 0.25) is 0 Å². The molecule has 0 unspecified atom stereocenters. The minimum absolute atomic E-state index is 0.278. The van der Waals surface area contributed by atoms with Gasteiger partial charge < -0.3 is 10.8 Å². The molecule has 3 N–H and O–H groups in total. The predicted molar refractivity (Wildman–Crippen MR) is 52.9 cm³/mol. The molecule has 16 heavy (non-hydrogen) atoms. The van der Waals surface area contributed by atoms with Gasteiger partial charge in [-0.25, -0.2) is 0 Å². The van der Waals surface area contributed by atoms with E-state index in [1.807, 2.05) is 0 Å². The molecule has 0 saturated heterocycles. The Labute approximate surface area is 90.7 Å². The fourth-order valence-electron chi connectivity index (χ4n) is 0.743. The van der Waals surface area contributed by atoms with Crippen LogP contribution in [0, 0.1) is 6.92 Å². The van der Waals surface area contributed by atoms with E-state index in [-0.39, 0.29) is 6.54 Å². The van der Waals surface area contributed by atoms with Gasteiger partial charge in [0.25, 0.3) is 0 Å². The zero-order valence-electron chi connectivity index (χ0n) is 8.58. The summed E-state index contributed by atoms with van der Waals surface area (Å²) in [5.41, 5.74) is 4.81. The Morgan fingerprint density at radius 3 is 1.94 bits per heavy atom. The molecule has 0 bridgehead atoms. The molecule has 0 fully saturated rings. The second-order valence-corrected chi connectivity index (χ2v) is 2.96. The molecular weight excluding hydrogens is 223 g/mol. The molecule has 1 aromatic carbocycles. The summed E-state index contributed by atoms with van der Waals surface area (Å²) in [6.45, 7) is 1.47. The number of aliphatic carboxylic acids is 1. The summed E-state index contributed by atoms with van der Waals surface area (Å²) in [6.07, 6.45) is -4.21. The Kier molecular flexibility index (Phi) is 5.52. The van der Waals surface area contributed by atoms with Crippen molar-refractivity contribution in [1.29, 1.82) is 0 Å². The highest BCUT2D eigenvalue weighted by atomic mass is 19.4. The topological polar surface area (TPSA) is 63.3 Å². The van der Waals surface area contributed by atoms with E-state index in [0.29, 0.717) is 0 Å². The van der Waals surface area contributed by atoms with Gasteiger partial charge in [0.15, 0.2) is 0 Å². The van der Waals surface area contributed by atoms with Gasteiger partial charge in [-0.15, -0.1) is 0 Å². The number of carbonyl (C=O) groups is 1. The van der Waals surface area contributed by atoms with Crippen LogP contribution in [0.2, 0.25) is 0 Å². The Bertz CT molecular complexity index is 333. The maximum absolute atomic E-state index is 11.9. The van der Waals surface area contributed by atoms with E-state index in [2.05, 4.69) is 5.73 Å². The summed E-state index contributed by atoms with van der Waals surface area (Å²) < 4.78 is 35.8. The Hall–Kier alpha value is -1.56. The van der Waals surface area contributed by atoms with Crippen LogP contribution >= 0.6 is 0 Å². The summed E-state index contributed by atoms with van der Waals surface area (Å²) in [6, 6.07) is 5.05. The standard InChI is InChI=1S/C8H7F3.C2H5NO2/c1-6-2-4-7(5-3-6)8(9,10)11;3-1-2(4)5/h2-5H,1H3;1,3H2,(H,4,5). The summed E-state index contributed by atoms with van der Waals surface area (Å²) >= 11 is 0. The van der Waals surface area contributed by atoms with Crippen LogP contribution in [-0.4, -0.2) is 17.6 Å². The third-order valence-electron chi connectivity index (χ3n) is 1.55. The number of benzene rings is 1. The molecule has 0 amide bonds. The minimum atomic E-state index is -4.21. The predicted octanol–water partition coefficient (Wildman–Crippen LogP) is 2.04. The van der Waals surface area contributed by atoms with Gasteiger partial charge in [0, 0.05) is 0 Å². The highest BCUT2D eigenvalue weighted by Gasteiger charge is 2.29. The van der Waals surface area contributed by atoms with Crippen molar-refractivity contribution < 1.29 is 23.1 Å². The molecule has 1 rings (SSSR count). The molecule has 90 valence electrons. The van der Waals surface area contributed by atoms with Crippen molar-refractivity contribution in [2.45, 2.75) is 13.1 Å². The number of carboxylic acids is 1. The highest BCUT2D eigenvalue weighted by molar-refractivity contribution is 5.68. The average molecular weight is 235 g/mol. The summed E-state index contributed by atoms with van der Waals surface area (Å²) in [5, 5.41) is 7.60. The number of hydrogen-bond acceptors (Lipinski definition) is 2. The molecule has 6 heteroatoms. The van der Waals surface area contributed by atoms with Gasteiger partial charge >= 0.3 is 12.1 Å². The lowest BCUT2D eigenvalue weighted by Gasteiger charge is -2.05. The number of alkyl halides is 3. The normalized spacial score (nSPS) is 10.3. The first kappa shape index (κ1) is 14.4. The number of halogens is 3. The average Bonchev–Trinajstić information content (AvgIpc) is 2.18. The SMILES string of the molecule is Cc1ccc(C(F)(F)F)cc1.NCC(=O)O. The maximum atomic E-state index is 11.9. The number of rotatable bonds is 1. The molecule has 1 aromatic rings. The van der Waals surface area contributed by atoms with Crippen molar-refractivity contribution in [2.75, 3.05) is 6.54 Å². The maximum Gasteiger partial charge on any atom is 0.416 e. The lowest BCUT2D eigenvalue weighted by atomic mass is 10.1. The first-order chi connectivity index (χ1) is 7.27. The number of aryl methyl sites for hydroxylation is 1. The fourth-order valence-corrected chi connectivity index (χ4v) is 0.743. The second kappa shape index (κ2) is 6.12. The van der Waals surface area contributed by atoms with Crippen LogP contribution < -0.4 is 5.73 Å². The van der Waals surface area contributed by atoms with E-state index in [1.165, 1.54) is 12.1 Å². The van der Waals surface area contributed by atoms with Crippen molar-refractivity contribution in [3.63, 3.8) is 0 Å². The molecule has 0 aliphatic carbocycles. The summed E-state index contributed by atoms with van der Waals surface area (Å²) in [7, 11) is 0. The zero-order chi connectivity index (χ0) is 12.8. The largest absolute Gasteiger partial charge is 0.480 e. The second-order valence-electron chi connectivity index (χ2n) is 2.96. The van der Waals surface area contributed by atoms with Crippen molar-refractivity contribution in [3.05, 3.63) is 35.4 Å². The van der Waals surface area contributed by atoms with Gasteiger partial charge in [-0.3, -0.25) is 4.79 Å². The smallest absolute Gasteiger partial charge is 0.416 e. The van der Waals surface area contributed by atoms with Crippen molar-refractivity contribution in [1.82, 2.24) is 0 Å². The molecule has 0 heterocycles. The number of carboxylic acid groups (broad SMARTS) is 1. The first-order valence-electron chi connectivity index (χ1n) is 4.33. The van der Waals surface area contributed by atoms with E-state index >= 15 is 0 Å². The van der Waals surface area contributed by atoms with Crippen molar-refractivity contribution in [2.24, 2.45) is 5.73 Å². The van der Waals surface area contributed by atoms with Gasteiger partial charge in [-0.05, 0) is 19.1 Å². The Morgan fingerprint density at radius 2 is 1.69 bits per heavy atom. The van der Waals surface area contributed by atoms with Crippen LogP contribution in [0.4, 0.5) is 13.2 Å². The third-order valence-corrected chi connectivity index (χ3v) is 1.55. The molecule has 0 radical (unpaired) electrons. The van der Waals surface area contributed by atoms with Crippen LogP contribution in [0.1, 0.15) is 11.1 Å². The molecule has 3 nitrogen and oxygen atoms in total. The monoisotopic (exact) mass is 235 g/mol. The van der Waals surface area contributed by atoms with E-state index < -0.39 is 17.7 Å². The first-order valence-corrected chi connectivity index (χ1v) is 4.33. The van der Waals surface area contributed by atoms with E-state index in [1.54, 1.807) is 6.92 Å². The van der Waals surface area contributed by atoms with Crippen LogP contribution in [0.25, 0.3) is 0 Å². The molecule has 0 aromatic heterocycles. The lowest BCUT2D eigenvalue weighted by molar-refractivity contribution is -0.137. The van der Waals surface area contributed by atoms with Gasteiger partial charge in [-0.1, -0.05) is 17.7 Å². The lowest BCUT2D eigenvalue weighted by Crippen LogP contribution is -2.10. The Morgan fingerprint density at radius 1 is 1.31 bits per heavy atom. The van der Waals surface area contributed by atoms with Gasteiger partial charge in [0.1, 0.15) is 0 Å². The van der Waals surface area contributed by atoms with Crippen molar-refractivity contribution in [3.8, 4) is 0 Å². The molecular formula is C10H12F3NO2. The number of hydrogen-bond donors (Lipinski definition) is 2. The van der Waals surface area contributed by atoms with E-state index in [9.17, 15) is 18.0 Å². The zero-order valence-corrected chi connectivity index (χ0v) is 8.58. The van der Waals surface area contributed by atoms with Crippen LogP contribution in [0.3, 0.4) is 0 Å². The molecule has 0 saturated carbocycles. The number of nitrogens with two attached hydrogens (primary N) is 1. The summed E-state index contributed by atoms with van der Waals surface area (Å²) in [4.78, 5) is 9.24. The van der Waals surface area contributed by atoms with Gasteiger partial charge in [0.05, 0.1) is 12.1 Å². The summed E-state index contributed by atoms with van der Waals surface area (Å²) in [5.74, 6) is -0.968. The quantitative estimate of drug-likeness (QED) is 0.782. The minimum Gasteiger partial charge on any atom is -0.480 e. The highest BCUT2D eigenvalue weighted by Crippen LogP contribution is 2.28. The fraction of sp³-hybridized carbons (Fsp3) is 0.300.